The summed E-state index contributed by atoms with van der Waals surface area (Å²) >= 11 is 12.6. The van der Waals surface area contributed by atoms with Gasteiger partial charge in [-0.3, -0.25) is 4.57 Å². The Morgan fingerprint density at radius 3 is 2.46 bits per heavy atom. The van der Waals surface area contributed by atoms with Crippen LogP contribution in [0.5, 0.6) is 5.75 Å². The fourth-order valence-corrected chi connectivity index (χ4v) is 3.08. The normalized spacial score (nSPS) is 12.0. The van der Waals surface area contributed by atoms with E-state index in [9.17, 15) is 13.2 Å². The van der Waals surface area contributed by atoms with Crippen LogP contribution in [0.1, 0.15) is 19.7 Å². The summed E-state index contributed by atoms with van der Waals surface area (Å²) in [6.45, 7) is 3.67. The lowest BCUT2D eigenvalue weighted by molar-refractivity contribution is -0.146. The molecule has 0 atom stereocenters. The second kappa shape index (κ2) is 6.97. The topological polar surface area (TPSA) is 32.0 Å². The zero-order chi connectivity index (χ0) is 18.2. The summed E-state index contributed by atoms with van der Waals surface area (Å²) < 4.78 is 47.3. The molecule has 132 valence electrons. The number of aromatic nitrogens is 3. The van der Waals surface area contributed by atoms with E-state index in [2.05, 4.69) is 5.10 Å². The van der Waals surface area contributed by atoms with E-state index in [-0.39, 0.29) is 21.6 Å². The van der Waals surface area contributed by atoms with Crippen molar-refractivity contribution in [1.29, 1.82) is 0 Å². The Balaban J connectivity index is 2.74. The molecule has 0 N–H and O–H groups in total. The van der Waals surface area contributed by atoms with Crippen molar-refractivity contribution >= 4 is 35.6 Å². The molecule has 0 bridgehead atoms. The monoisotopic (exact) mass is 397 g/mol. The first-order chi connectivity index (χ1) is 11.1. The van der Waals surface area contributed by atoms with Gasteiger partial charge in [0.1, 0.15) is 5.75 Å². The van der Waals surface area contributed by atoms with Crippen LogP contribution in [-0.2, 0) is 13.2 Å². The molecule has 1 heterocycles. The fraction of sp³-hybridized carbons (Fsp3) is 0.429. The quantitative estimate of drug-likeness (QED) is 0.529. The SMILES string of the molecule is CSc1cc(OC(C)C)c(Cl)cc1-n1c(C(F)(F)F)nn(C)c1=S. The summed E-state index contributed by atoms with van der Waals surface area (Å²) in [7, 11) is 1.37. The summed E-state index contributed by atoms with van der Waals surface area (Å²) in [5.74, 6) is -0.692. The van der Waals surface area contributed by atoms with Crippen LogP contribution in [-0.4, -0.2) is 26.7 Å². The molecule has 0 unspecified atom stereocenters. The summed E-state index contributed by atoms with van der Waals surface area (Å²) in [4.78, 5) is 0.546. The minimum atomic E-state index is -4.65. The molecule has 10 heteroatoms. The van der Waals surface area contributed by atoms with Crippen molar-refractivity contribution in [2.24, 2.45) is 7.05 Å². The van der Waals surface area contributed by atoms with Gasteiger partial charge in [-0.05, 0) is 44.5 Å². The van der Waals surface area contributed by atoms with Crippen LogP contribution in [0, 0.1) is 4.77 Å². The maximum absolute atomic E-state index is 13.3. The van der Waals surface area contributed by atoms with E-state index in [0.717, 1.165) is 9.25 Å². The summed E-state index contributed by atoms with van der Waals surface area (Å²) in [5.41, 5.74) is 0.217. The Morgan fingerprint density at radius 1 is 1.33 bits per heavy atom. The molecule has 2 rings (SSSR count). The molecule has 0 amide bonds. The van der Waals surface area contributed by atoms with Crippen molar-refractivity contribution in [3.63, 3.8) is 0 Å². The smallest absolute Gasteiger partial charge is 0.452 e. The number of nitrogens with zero attached hydrogens (tertiary/aromatic N) is 3. The van der Waals surface area contributed by atoms with E-state index in [0.29, 0.717) is 10.6 Å². The highest BCUT2D eigenvalue weighted by Crippen LogP contribution is 2.38. The van der Waals surface area contributed by atoms with Crippen LogP contribution in [0.3, 0.4) is 0 Å². The van der Waals surface area contributed by atoms with E-state index in [1.807, 2.05) is 13.8 Å². The number of hydrogen-bond donors (Lipinski definition) is 0. The summed E-state index contributed by atoms with van der Waals surface area (Å²) in [5, 5.41) is 3.70. The third-order valence-corrected chi connectivity index (χ3v) is 4.52. The fourth-order valence-electron chi connectivity index (χ4n) is 2.07. The Bertz CT molecular complexity index is 815. The number of ether oxygens (including phenoxy) is 1. The standard InChI is InChI=1S/C14H15ClF3N3OS2/c1-7(2)22-10-6-11(24-4)9(5-8(10)15)21-12(14(16,17)18)19-20(3)13(21)23/h5-7H,1-4H3. The van der Waals surface area contributed by atoms with Gasteiger partial charge in [-0.1, -0.05) is 11.6 Å². The largest absolute Gasteiger partial charge is 0.489 e. The van der Waals surface area contributed by atoms with E-state index < -0.39 is 12.0 Å². The Kier molecular flexibility index (Phi) is 5.56. The molecule has 0 aliphatic carbocycles. The molecule has 2 aromatic rings. The van der Waals surface area contributed by atoms with Crippen LogP contribution in [0.4, 0.5) is 13.2 Å². The number of rotatable bonds is 4. The molecular formula is C14H15ClF3N3OS2. The first-order valence-corrected chi connectivity index (χ1v) is 8.85. The number of benzene rings is 1. The van der Waals surface area contributed by atoms with Gasteiger partial charge >= 0.3 is 6.18 Å². The second-order valence-electron chi connectivity index (χ2n) is 5.18. The van der Waals surface area contributed by atoms with Crippen LogP contribution in [0.25, 0.3) is 5.69 Å². The third-order valence-electron chi connectivity index (χ3n) is 3.02. The third kappa shape index (κ3) is 3.73. The van der Waals surface area contributed by atoms with E-state index in [4.69, 9.17) is 28.6 Å². The van der Waals surface area contributed by atoms with Gasteiger partial charge in [0.15, 0.2) is 0 Å². The molecule has 0 spiro atoms. The van der Waals surface area contributed by atoms with Crippen molar-refractivity contribution in [3.8, 4) is 11.4 Å². The summed E-state index contributed by atoms with van der Waals surface area (Å²) in [6.07, 6.45) is -3.02. The van der Waals surface area contributed by atoms with Crippen molar-refractivity contribution in [2.75, 3.05) is 6.26 Å². The Labute approximate surface area is 151 Å². The number of hydrogen-bond acceptors (Lipinski definition) is 4. The zero-order valence-electron chi connectivity index (χ0n) is 13.3. The van der Waals surface area contributed by atoms with Crippen molar-refractivity contribution in [1.82, 2.24) is 14.3 Å². The van der Waals surface area contributed by atoms with Gasteiger partial charge in [0.25, 0.3) is 0 Å². The molecule has 1 aromatic carbocycles. The van der Waals surface area contributed by atoms with Crippen LogP contribution in [0.15, 0.2) is 17.0 Å². The number of alkyl halides is 3. The van der Waals surface area contributed by atoms with Gasteiger partial charge < -0.3 is 4.74 Å². The first kappa shape index (κ1) is 19.1. The highest BCUT2D eigenvalue weighted by Gasteiger charge is 2.39. The lowest BCUT2D eigenvalue weighted by Gasteiger charge is -2.17. The maximum atomic E-state index is 13.3. The van der Waals surface area contributed by atoms with Crippen molar-refractivity contribution < 1.29 is 17.9 Å². The molecule has 0 radical (unpaired) electrons. The maximum Gasteiger partial charge on any atom is 0.452 e. The molecule has 0 fully saturated rings. The van der Waals surface area contributed by atoms with Gasteiger partial charge in [-0.15, -0.1) is 16.9 Å². The van der Waals surface area contributed by atoms with Gasteiger partial charge in [0.2, 0.25) is 10.6 Å². The average molecular weight is 398 g/mol. The van der Waals surface area contributed by atoms with Gasteiger partial charge in [0.05, 0.1) is 16.8 Å². The highest BCUT2D eigenvalue weighted by atomic mass is 35.5. The Hall–Kier alpha value is -1.19. The van der Waals surface area contributed by atoms with Crippen molar-refractivity contribution in [3.05, 3.63) is 27.8 Å². The number of aryl methyl sites for hydroxylation is 1. The zero-order valence-corrected chi connectivity index (χ0v) is 15.7. The summed E-state index contributed by atoms with van der Waals surface area (Å²) in [6, 6.07) is 3.02. The average Bonchev–Trinajstić information content (AvgIpc) is 2.76. The van der Waals surface area contributed by atoms with Crippen LogP contribution < -0.4 is 4.74 Å². The second-order valence-corrected chi connectivity index (χ2v) is 6.80. The van der Waals surface area contributed by atoms with Gasteiger partial charge in [-0.25, -0.2) is 4.68 Å². The van der Waals surface area contributed by atoms with Gasteiger partial charge in [0, 0.05) is 11.9 Å². The molecule has 0 saturated heterocycles. The van der Waals surface area contributed by atoms with E-state index in [1.165, 1.54) is 24.9 Å². The molecule has 24 heavy (non-hydrogen) atoms. The van der Waals surface area contributed by atoms with E-state index in [1.54, 1.807) is 12.3 Å². The van der Waals surface area contributed by atoms with Crippen LogP contribution in [0.2, 0.25) is 5.02 Å². The van der Waals surface area contributed by atoms with E-state index >= 15 is 0 Å². The highest BCUT2D eigenvalue weighted by molar-refractivity contribution is 7.98. The predicted molar refractivity (Wildman–Crippen MR) is 90.9 cm³/mol. The van der Waals surface area contributed by atoms with Crippen molar-refractivity contribution in [2.45, 2.75) is 31.0 Å². The lowest BCUT2D eigenvalue weighted by atomic mass is 10.3. The van der Waals surface area contributed by atoms with Gasteiger partial charge in [-0.2, -0.15) is 13.2 Å². The minimum Gasteiger partial charge on any atom is -0.489 e. The Morgan fingerprint density at radius 2 is 1.96 bits per heavy atom. The molecule has 0 saturated carbocycles. The number of thioether (sulfide) groups is 1. The molecule has 4 nitrogen and oxygen atoms in total. The molecule has 0 aliphatic rings. The molecule has 0 aliphatic heterocycles. The lowest BCUT2D eigenvalue weighted by Crippen LogP contribution is -2.15. The first-order valence-electron chi connectivity index (χ1n) is 6.84. The molecular weight excluding hydrogens is 383 g/mol. The molecule has 1 aromatic heterocycles. The minimum absolute atomic E-state index is 0.0776. The van der Waals surface area contributed by atoms with Crippen LogP contribution >= 0.6 is 35.6 Å². The number of halogens is 4. The predicted octanol–water partition coefficient (Wildman–Crippen LogP) is 5.12.